The van der Waals surface area contributed by atoms with E-state index in [-0.39, 0.29) is 18.4 Å². The Morgan fingerprint density at radius 1 is 1.21 bits per heavy atom. The summed E-state index contributed by atoms with van der Waals surface area (Å²) in [6.45, 7) is 11.5. The lowest BCUT2D eigenvalue weighted by molar-refractivity contribution is -0.128. The average Bonchev–Trinajstić information content (AvgIpc) is 3.53. The van der Waals surface area contributed by atoms with Crippen molar-refractivity contribution in [2.75, 3.05) is 44.7 Å². The van der Waals surface area contributed by atoms with E-state index < -0.39 is 0 Å². The molecular formula is C29H37N7O2. The first-order valence-electron chi connectivity index (χ1n) is 13.5. The van der Waals surface area contributed by atoms with Gasteiger partial charge in [-0.2, -0.15) is 15.2 Å². The van der Waals surface area contributed by atoms with Crippen molar-refractivity contribution in [1.29, 1.82) is 5.26 Å². The summed E-state index contributed by atoms with van der Waals surface area (Å²) >= 11 is 0. The van der Waals surface area contributed by atoms with Crippen molar-refractivity contribution in [3.63, 3.8) is 0 Å². The maximum atomic E-state index is 12.4. The van der Waals surface area contributed by atoms with E-state index in [1.165, 1.54) is 23.6 Å². The Morgan fingerprint density at radius 2 is 2.05 bits per heavy atom. The second-order valence-corrected chi connectivity index (χ2v) is 10.6. The van der Waals surface area contributed by atoms with Crippen LogP contribution < -0.4 is 9.64 Å². The SMILES string of the molecule is C=CC(=O)N1CCN(c2nc(OC[C@@H]3CCCN3C)nc3c2CN(Cc2ccccc2C)C3)C[C@@H]1CC#N. The minimum absolute atomic E-state index is 0.132. The lowest BCUT2D eigenvalue weighted by Crippen LogP contribution is -2.55. The number of nitriles is 1. The highest BCUT2D eigenvalue weighted by Gasteiger charge is 2.34. The molecule has 2 atom stereocenters. The molecule has 200 valence electrons. The van der Waals surface area contributed by atoms with Crippen molar-refractivity contribution in [2.24, 2.45) is 0 Å². The molecule has 3 aliphatic heterocycles. The number of carbonyl (C=O) groups is 1. The van der Waals surface area contributed by atoms with Gasteiger partial charge in [0.05, 0.1) is 24.2 Å². The molecule has 2 aromatic rings. The van der Waals surface area contributed by atoms with Crippen molar-refractivity contribution in [2.45, 2.75) is 57.9 Å². The highest BCUT2D eigenvalue weighted by molar-refractivity contribution is 5.87. The van der Waals surface area contributed by atoms with Crippen LogP contribution in [-0.2, 0) is 24.4 Å². The molecule has 0 bridgehead atoms. The molecule has 0 spiro atoms. The molecule has 9 heteroatoms. The maximum absolute atomic E-state index is 12.4. The standard InChI is InChI=1S/C29H37N7O2/c1-4-27(37)36-15-14-35(17-23(36)11-12-30)28-25-18-34(16-22-9-6-5-8-21(22)2)19-26(25)31-29(32-28)38-20-24-10-7-13-33(24)3/h4-6,8-9,23-24H,1,7,10-11,13-20H2,2-3H3/t23-,24-/m0/s1. The maximum Gasteiger partial charge on any atom is 0.318 e. The summed E-state index contributed by atoms with van der Waals surface area (Å²) in [6.07, 6.45) is 3.90. The van der Waals surface area contributed by atoms with Crippen molar-refractivity contribution >= 4 is 11.7 Å². The van der Waals surface area contributed by atoms with E-state index in [4.69, 9.17) is 14.7 Å². The number of aromatic nitrogens is 2. The van der Waals surface area contributed by atoms with Gasteiger partial charge in [-0.25, -0.2) is 0 Å². The first-order valence-corrected chi connectivity index (χ1v) is 13.5. The van der Waals surface area contributed by atoms with Gasteiger partial charge in [0.1, 0.15) is 12.4 Å². The van der Waals surface area contributed by atoms with Gasteiger partial charge >= 0.3 is 6.01 Å². The van der Waals surface area contributed by atoms with Crippen LogP contribution in [0.4, 0.5) is 5.82 Å². The van der Waals surface area contributed by atoms with Gasteiger partial charge in [-0.15, -0.1) is 0 Å². The summed E-state index contributed by atoms with van der Waals surface area (Å²) in [4.78, 5) is 30.9. The number of likely N-dealkylation sites (tertiary alicyclic amines) is 1. The van der Waals surface area contributed by atoms with Gasteiger partial charge in [0.15, 0.2) is 0 Å². The highest BCUT2D eigenvalue weighted by Crippen LogP contribution is 2.34. The lowest BCUT2D eigenvalue weighted by Gasteiger charge is -2.41. The summed E-state index contributed by atoms with van der Waals surface area (Å²) in [5.74, 6) is 0.734. The van der Waals surface area contributed by atoms with Gasteiger partial charge in [-0.3, -0.25) is 9.69 Å². The summed E-state index contributed by atoms with van der Waals surface area (Å²) in [5.41, 5.74) is 4.70. The van der Waals surface area contributed by atoms with Crippen LogP contribution in [0.1, 0.15) is 41.6 Å². The number of ether oxygens (including phenoxy) is 1. The largest absolute Gasteiger partial charge is 0.462 e. The fourth-order valence-corrected chi connectivity index (χ4v) is 5.84. The smallest absolute Gasteiger partial charge is 0.318 e. The Kier molecular flexibility index (Phi) is 7.91. The van der Waals surface area contributed by atoms with Crippen LogP contribution >= 0.6 is 0 Å². The quantitative estimate of drug-likeness (QED) is 0.496. The van der Waals surface area contributed by atoms with E-state index in [2.05, 4.69) is 65.6 Å². The number of amides is 1. The van der Waals surface area contributed by atoms with E-state index >= 15 is 0 Å². The van der Waals surface area contributed by atoms with Crippen molar-refractivity contribution in [3.8, 4) is 12.1 Å². The third kappa shape index (κ3) is 5.52. The number of anilines is 1. The lowest BCUT2D eigenvalue weighted by atomic mass is 10.1. The van der Waals surface area contributed by atoms with Crippen LogP contribution in [0, 0.1) is 18.3 Å². The normalized spacial score (nSPS) is 21.8. The van der Waals surface area contributed by atoms with Crippen LogP contribution in [0.15, 0.2) is 36.9 Å². The monoisotopic (exact) mass is 515 g/mol. The molecule has 1 aromatic heterocycles. The Balaban J connectivity index is 1.41. The number of likely N-dealkylation sites (N-methyl/N-ethyl adjacent to an activating group) is 1. The van der Waals surface area contributed by atoms with Gasteiger partial charge in [0, 0.05) is 50.9 Å². The van der Waals surface area contributed by atoms with Crippen LogP contribution in [0.3, 0.4) is 0 Å². The molecule has 3 aliphatic rings. The second-order valence-electron chi connectivity index (χ2n) is 10.6. The topological polar surface area (TPSA) is 88.8 Å². The van der Waals surface area contributed by atoms with Crippen LogP contribution in [-0.4, -0.2) is 82.5 Å². The molecule has 38 heavy (non-hydrogen) atoms. The molecule has 2 saturated heterocycles. The number of carbonyl (C=O) groups excluding carboxylic acids is 1. The molecule has 0 N–H and O–H groups in total. The van der Waals surface area contributed by atoms with E-state index in [1.54, 1.807) is 4.90 Å². The van der Waals surface area contributed by atoms with Crippen LogP contribution in [0.5, 0.6) is 6.01 Å². The first kappa shape index (κ1) is 26.1. The fourth-order valence-electron chi connectivity index (χ4n) is 5.84. The number of piperazine rings is 1. The number of hydrogen-bond donors (Lipinski definition) is 0. The van der Waals surface area contributed by atoms with Gasteiger partial charge in [0.25, 0.3) is 0 Å². The summed E-state index contributed by atoms with van der Waals surface area (Å²) in [7, 11) is 2.14. The first-order chi connectivity index (χ1) is 18.5. The summed E-state index contributed by atoms with van der Waals surface area (Å²) < 4.78 is 6.20. The molecule has 2 fully saturated rings. The number of fused-ring (bicyclic) bond motifs is 1. The molecule has 4 heterocycles. The van der Waals surface area contributed by atoms with Gasteiger partial charge in [-0.1, -0.05) is 30.8 Å². The number of benzene rings is 1. The van der Waals surface area contributed by atoms with Gasteiger partial charge in [0.2, 0.25) is 5.91 Å². The van der Waals surface area contributed by atoms with Crippen molar-refractivity contribution < 1.29 is 9.53 Å². The zero-order valence-electron chi connectivity index (χ0n) is 22.5. The van der Waals surface area contributed by atoms with Crippen molar-refractivity contribution in [1.82, 2.24) is 24.7 Å². The Labute approximate surface area is 225 Å². The minimum atomic E-state index is -0.217. The number of rotatable bonds is 8. The van der Waals surface area contributed by atoms with Gasteiger partial charge < -0.3 is 19.4 Å². The molecule has 0 radical (unpaired) electrons. The third-order valence-corrected chi connectivity index (χ3v) is 8.10. The van der Waals surface area contributed by atoms with E-state index in [1.807, 2.05) is 0 Å². The molecule has 0 unspecified atom stereocenters. The Morgan fingerprint density at radius 3 is 2.79 bits per heavy atom. The molecule has 1 aromatic carbocycles. The highest BCUT2D eigenvalue weighted by atomic mass is 16.5. The van der Waals surface area contributed by atoms with E-state index in [0.717, 1.165) is 49.7 Å². The Hall–Kier alpha value is -3.48. The molecule has 5 rings (SSSR count). The minimum Gasteiger partial charge on any atom is -0.462 e. The Bertz CT molecular complexity index is 1230. The molecule has 1 amide bonds. The number of aryl methyl sites for hydroxylation is 1. The zero-order valence-corrected chi connectivity index (χ0v) is 22.5. The van der Waals surface area contributed by atoms with Gasteiger partial charge in [-0.05, 0) is 50.6 Å². The predicted molar refractivity (Wildman–Crippen MR) is 145 cm³/mol. The van der Waals surface area contributed by atoms with Crippen LogP contribution in [0.2, 0.25) is 0 Å². The fraction of sp³-hybridized carbons (Fsp3) is 0.517. The molecule has 9 nitrogen and oxygen atoms in total. The number of nitrogens with zero attached hydrogens (tertiary/aromatic N) is 7. The summed E-state index contributed by atoms with van der Waals surface area (Å²) in [5, 5.41) is 9.45. The average molecular weight is 516 g/mol. The zero-order chi connectivity index (χ0) is 26.6. The molecule has 0 saturated carbocycles. The third-order valence-electron chi connectivity index (χ3n) is 8.10. The molecular weight excluding hydrogens is 478 g/mol. The van der Waals surface area contributed by atoms with E-state index in [9.17, 15) is 10.1 Å². The van der Waals surface area contributed by atoms with E-state index in [0.29, 0.717) is 38.3 Å². The summed E-state index contributed by atoms with van der Waals surface area (Å²) in [6, 6.07) is 11.3. The second kappa shape index (κ2) is 11.5. The van der Waals surface area contributed by atoms with Crippen LogP contribution in [0.25, 0.3) is 0 Å². The molecule has 0 aliphatic carbocycles. The van der Waals surface area contributed by atoms with Crippen molar-refractivity contribution in [3.05, 3.63) is 59.3 Å². The number of hydrogen-bond acceptors (Lipinski definition) is 8. The predicted octanol–water partition coefficient (Wildman–Crippen LogP) is 2.89.